The van der Waals surface area contributed by atoms with Gasteiger partial charge in [0, 0.05) is 5.56 Å². The van der Waals surface area contributed by atoms with E-state index in [1.807, 2.05) is 12.1 Å². The minimum absolute atomic E-state index is 0.0964. The van der Waals surface area contributed by atoms with Crippen LogP contribution in [0.5, 0.6) is 11.5 Å². The Morgan fingerprint density at radius 3 is 2.71 bits per heavy atom. The van der Waals surface area contributed by atoms with Crippen molar-refractivity contribution in [2.24, 2.45) is 0 Å². The van der Waals surface area contributed by atoms with Gasteiger partial charge in [-0.25, -0.2) is 0 Å². The predicted molar refractivity (Wildman–Crippen MR) is 83.8 cm³/mol. The van der Waals surface area contributed by atoms with Crippen LogP contribution in [0.4, 0.5) is 0 Å². The van der Waals surface area contributed by atoms with Crippen LogP contribution in [0.15, 0.2) is 22.8 Å². The van der Waals surface area contributed by atoms with Gasteiger partial charge in [0.1, 0.15) is 21.7 Å². The molecule has 0 fully saturated rings. The fraction of sp³-hybridized carbons (Fsp3) is 0.429. The highest BCUT2D eigenvalue weighted by Crippen LogP contribution is 2.40. The van der Waals surface area contributed by atoms with Gasteiger partial charge in [-0.2, -0.15) is 15.4 Å². The van der Waals surface area contributed by atoms with Gasteiger partial charge in [0.25, 0.3) is 0 Å². The number of nitrogens with one attached hydrogen (secondary N) is 2. The van der Waals surface area contributed by atoms with Crippen molar-refractivity contribution in [3.05, 3.63) is 34.1 Å². The van der Waals surface area contributed by atoms with Crippen LogP contribution < -0.4 is 14.8 Å². The zero-order valence-electron chi connectivity index (χ0n) is 12.3. The summed E-state index contributed by atoms with van der Waals surface area (Å²) in [7, 11) is 3.27. The number of aromatic amines is 1. The number of aromatic nitrogens is 3. The first-order valence-corrected chi connectivity index (χ1v) is 7.51. The van der Waals surface area contributed by atoms with E-state index in [-0.39, 0.29) is 6.04 Å². The molecule has 0 aliphatic carbocycles. The summed E-state index contributed by atoms with van der Waals surface area (Å²) in [6.45, 7) is 2.98. The van der Waals surface area contributed by atoms with Crippen LogP contribution in [0.25, 0.3) is 0 Å². The van der Waals surface area contributed by atoms with E-state index in [4.69, 9.17) is 9.47 Å². The predicted octanol–water partition coefficient (Wildman–Crippen LogP) is 2.67. The average Bonchev–Trinajstić information content (AvgIpc) is 3.02. The molecule has 0 saturated heterocycles. The molecule has 6 nitrogen and oxygen atoms in total. The number of benzene rings is 1. The van der Waals surface area contributed by atoms with Gasteiger partial charge < -0.3 is 14.8 Å². The van der Waals surface area contributed by atoms with Crippen molar-refractivity contribution in [2.75, 3.05) is 20.8 Å². The van der Waals surface area contributed by atoms with Gasteiger partial charge in [0.05, 0.1) is 26.5 Å². The zero-order valence-corrected chi connectivity index (χ0v) is 13.9. The molecule has 2 rings (SSSR count). The molecule has 21 heavy (non-hydrogen) atoms. The van der Waals surface area contributed by atoms with E-state index < -0.39 is 0 Å². The third-order valence-electron chi connectivity index (χ3n) is 3.16. The lowest BCUT2D eigenvalue weighted by Gasteiger charge is -2.21. The Hall–Kier alpha value is -1.60. The Kier molecular flexibility index (Phi) is 5.58. The Labute approximate surface area is 132 Å². The largest absolute Gasteiger partial charge is 0.495 e. The minimum atomic E-state index is -0.0964. The van der Waals surface area contributed by atoms with Gasteiger partial charge in [-0.15, -0.1) is 0 Å². The number of methoxy groups -OCH3 is 2. The van der Waals surface area contributed by atoms with E-state index >= 15 is 0 Å². The Morgan fingerprint density at radius 2 is 2.14 bits per heavy atom. The highest BCUT2D eigenvalue weighted by Gasteiger charge is 2.23. The van der Waals surface area contributed by atoms with Crippen molar-refractivity contribution < 1.29 is 9.47 Å². The normalized spacial score (nSPS) is 12.2. The third kappa shape index (κ3) is 3.36. The maximum atomic E-state index is 5.55. The lowest BCUT2D eigenvalue weighted by molar-refractivity contribution is 0.382. The number of ether oxygens (including phenoxy) is 2. The molecular formula is C14H19BrN4O2. The molecule has 0 radical (unpaired) electrons. The second kappa shape index (κ2) is 7.42. The Morgan fingerprint density at radius 1 is 1.33 bits per heavy atom. The molecule has 1 heterocycles. The fourth-order valence-corrected chi connectivity index (χ4v) is 2.84. The van der Waals surface area contributed by atoms with E-state index in [9.17, 15) is 0 Å². The minimum Gasteiger partial charge on any atom is -0.495 e. The summed E-state index contributed by atoms with van der Waals surface area (Å²) >= 11 is 3.53. The molecule has 2 aromatic rings. The molecule has 1 aromatic carbocycles. The molecule has 0 spiro atoms. The summed E-state index contributed by atoms with van der Waals surface area (Å²) in [4.78, 5) is 0. The summed E-state index contributed by atoms with van der Waals surface area (Å²) in [5, 5.41) is 14.2. The van der Waals surface area contributed by atoms with E-state index in [1.54, 1.807) is 20.4 Å². The smallest absolute Gasteiger partial charge is 0.141 e. The van der Waals surface area contributed by atoms with Gasteiger partial charge in [-0.1, -0.05) is 6.92 Å². The van der Waals surface area contributed by atoms with Crippen molar-refractivity contribution in [2.45, 2.75) is 19.4 Å². The van der Waals surface area contributed by atoms with Crippen molar-refractivity contribution in [3.63, 3.8) is 0 Å². The lowest BCUT2D eigenvalue weighted by Crippen LogP contribution is -2.24. The fourth-order valence-electron chi connectivity index (χ4n) is 2.16. The number of rotatable bonds is 7. The van der Waals surface area contributed by atoms with Crippen molar-refractivity contribution in [3.8, 4) is 11.5 Å². The molecule has 1 atom stereocenters. The van der Waals surface area contributed by atoms with Crippen LogP contribution in [-0.2, 0) is 0 Å². The summed E-state index contributed by atoms with van der Waals surface area (Å²) < 4.78 is 11.7. The average molecular weight is 355 g/mol. The molecule has 2 N–H and O–H groups in total. The second-order valence-corrected chi connectivity index (χ2v) is 5.28. The maximum absolute atomic E-state index is 5.55. The summed E-state index contributed by atoms with van der Waals surface area (Å²) in [5.41, 5.74) is 1.80. The lowest BCUT2D eigenvalue weighted by atomic mass is 10.0. The number of hydrogen-bond acceptors (Lipinski definition) is 5. The van der Waals surface area contributed by atoms with Crippen LogP contribution in [0.1, 0.15) is 30.6 Å². The Bertz CT molecular complexity index is 575. The SMILES string of the molecule is CCCNC(c1cn[nH]n1)c1ccc(OC)c(Br)c1OC. The summed E-state index contributed by atoms with van der Waals surface area (Å²) in [6.07, 6.45) is 2.74. The summed E-state index contributed by atoms with van der Waals surface area (Å²) in [5.74, 6) is 1.45. The molecule has 1 unspecified atom stereocenters. The van der Waals surface area contributed by atoms with Gasteiger partial charge in [-0.3, -0.25) is 0 Å². The van der Waals surface area contributed by atoms with E-state index in [0.29, 0.717) is 0 Å². The highest BCUT2D eigenvalue weighted by molar-refractivity contribution is 9.10. The van der Waals surface area contributed by atoms with Crippen LogP contribution in [0, 0.1) is 0 Å². The van der Waals surface area contributed by atoms with Crippen molar-refractivity contribution in [1.29, 1.82) is 0 Å². The first kappa shape index (κ1) is 15.8. The van der Waals surface area contributed by atoms with Gasteiger partial charge in [0.2, 0.25) is 0 Å². The zero-order chi connectivity index (χ0) is 15.2. The molecule has 114 valence electrons. The number of halogens is 1. The maximum Gasteiger partial charge on any atom is 0.141 e. The second-order valence-electron chi connectivity index (χ2n) is 4.49. The molecule has 0 saturated carbocycles. The topological polar surface area (TPSA) is 72.1 Å². The molecular weight excluding hydrogens is 336 g/mol. The van der Waals surface area contributed by atoms with Crippen LogP contribution in [-0.4, -0.2) is 36.2 Å². The molecule has 0 aliphatic heterocycles. The monoisotopic (exact) mass is 354 g/mol. The molecule has 0 aliphatic rings. The number of nitrogens with zero attached hydrogens (tertiary/aromatic N) is 2. The molecule has 0 bridgehead atoms. The Balaban J connectivity index is 2.46. The van der Waals surface area contributed by atoms with Gasteiger partial charge in [-0.05, 0) is 41.0 Å². The standard InChI is InChI=1S/C14H19BrN4O2/c1-4-7-16-13(10-8-17-19-18-10)9-5-6-11(20-2)12(15)14(9)21-3/h5-6,8,13,16H,4,7H2,1-3H3,(H,17,18,19). The summed E-state index contributed by atoms with van der Waals surface area (Å²) in [6, 6.07) is 3.79. The molecule has 0 amide bonds. The first-order valence-electron chi connectivity index (χ1n) is 6.72. The van der Waals surface area contributed by atoms with Crippen LogP contribution >= 0.6 is 15.9 Å². The quantitative estimate of drug-likeness (QED) is 0.799. The third-order valence-corrected chi connectivity index (χ3v) is 3.91. The van der Waals surface area contributed by atoms with E-state index in [1.165, 1.54) is 0 Å². The number of hydrogen-bond donors (Lipinski definition) is 2. The highest BCUT2D eigenvalue weighted by atomic mass is 79.9. The molecule has 7 heteroatoms. The van der Waals surface area contributed by atoms with Crippen molar-refractivity contribution in [1.82, 2.24) is 20.7 Å². The molecule has 1 aromatic heterocycles. The van der Waals surface area contributed by atoms with Gasteiger partial charge in [0.15, 0.2) is 0 Å². The van der Waals surface area contributed by atoms with Crippen LogP contribution in [0.3, 0.4) is 0 Å². The van der Waals surface area contributed by atoms with Crippen LogP contribution in [0.2, 0.25) is 0 Å². The van der Waals surface area contributed by atoms with E-state index in [0.717, 1.165) is 40.2 Å². The van der Waals surface area contributed by atoms with E-state index in [2.05, 4.69) is 43.6 Å². The first-order chi connectivity index (χ1) is 10.2. The van der Waals surface area contributed by atoms with Gasteiger partial charge >= 0.3 is 0 Å². The van der Waals surface area contributed by atoms with Crippen molar-refractivity contribution >= 4 is 15.9 Å². The number of H-pyrrole nitrogens is 1.